The van der Waals surface area contributed by atoms with Crippen LogP contribution in [0, 0.1) is 6.92 Å². The molecule has 1 amide bonds. The average molecular weight is 359 g/mol. The number of nitrogens with one attached hydrogen (secondary N) is 1. The van der Waals surface area contributed by atoms with Crippen molar-refractivity contribution in [3.63, 3.8) is 0 Å². The number of hydrogen-bond donors (Lipinski definition) is 1. The van der Waals surface area contributed by atoms with E-state index in [9.17, 15) is 4.79 Å². The van der Waals surface area contributed by atoms with Gasteiger partial charge in [0.05, 0.1) is 20.0 Å². The van der Waals surface area contributed by atoms with Gasteiger partial charge in [0.15, 0.2) is 11.5 Å². The van der Waals surface area contributed by atoms with Gasteiger partial charge in [-0.3, -0.25) is 4.79 Å². The first kappa shape index (κ1) is 19.2. The van der Waals surface area contributed by atoms with Crippen LogP contribution in [0.1, 0.15) is 17.5 Å². The van der Waals surface area contributed by atoms with Crippen LogP contribution < -0.4 is 14.8 Å². The smallest absolute Gasteiger partial charge is 0.230 e. The summed E-state index contributed by atoms with van der Waals surface area (Å²) in [6, 6.07) is 14.2. The summed E-state index contributed by atoms with van der Waals surface area (Å²) in [6.07, 6.45) is 1.92. The fourth-order valence-electron chi connectivity index (χ4n) is 2.38. The zero-order valence-corrected chi connectivity index (χ0v) is 15.8. The maximum Gasteiger partial charge on any atom is 0.230 e. The summed E-state index contributed by atoms with van der Waals surface area (Å²) in [5.41, 5.74) is 2.57. The van der Waals surface area contributed by atoms with Gasteiger partial charge in [-0.15, -0.1) is 11.8 Å². The third-order valence-corrected chi connectivity index (χ3v) is 4.80. The number of carbonyl (C=O) groups excluding carboxylic acids is 1. The van der Waals surface area contributed by atoms with E-state index in [2.05, 4.69) is 36.5 Å². The van der Waals surface area contributed by atoms with E-state index in [0.29, 0.717) is 23.8 Å². The quantitative estimate of drug-likeness (QED) is 0.546. The highest BCUT2D eigenvalue weighted by atomic mass is 32.2. The Morgan fingerprint density at radius 3 is 2.44 bits per heavy atom. The van der Waals surface area contributed by atoms with Crippen LogP contribution in [-0.4, -0.2) is 32.4 Å². The van der Waals surface area contributed by atoms with Crippen LogP contribution >= 0.6 is 11.8 Å². The van der Waals surface area contributed by atoms with Gasteiger partial charge in [-0.1, -0.05) is 29.8 Å². The lowest BCUT2D eigenvalue weighted by Crippen LogP contribution is -2.26. The third-order valence-electron chi connectivity index (χ3n) is 3.81. The van der Waals surface area contributed by atoms with E-state index in [0.717, 1.165) is 17.7 Å². The van der Waals surface area contributed by atoms with Crippen molar-refractivity contribution in [2.75, 3.05) is 26.5 Å². The van der Waals surface area contributed by atoms with Gasteiger partial charge in [-0.05, 0) is 43.5 Å². The number of methoxy groups -OCH3 is 2. The van der Waals surface area contributed by atoms with Gasteiger partial charge < -0.3 is 14.8 Å². The molecule has 0 heterocycles. The van der Waals surface area contributed by atoms with Crippen molar-refractivity contribution in [1.29, 1.82) is 0 Å². The highest BCUT2D eigenvalue weighted by molar-refractivity contribution is 8.00. The van der Waals surface area contributed by atoms with E-state index in [-0.39, 0.29) is 5.91 Å². The maximum absolute atomic E-state index is 12.0. The molecule has 2 aromatic carbocycles. The molecular weight excluding hydrogens is 334 g/mol. The Balaban J connectivity index is 1.69. The number of benzene rings is 2. The van der Waals surface area contributed by atoms with Gasteiger partial charge in [-0.2, -0.15) is 0 Å². The molecule has 0 unspecified atom stereocenters. The van der Waals surface area contributed by atoms with Gasteiger partial charge >= 0.3 is 0 Å². The molecule has 0 saturated carbocycles. The highest BCUT2D eigenvalue weighted by Gasteiger charge is 2.07. The van der Waals surface area contributed by atoms with Crippen molar-refractivity contribution in [3.05, 3.63) is 53.6 Å². The second-order valence-corrected chi connectivity index (χ2v) is 6.79. The van der Waals surface area contributed by atoms with E-state index >= 15 is 0 Å². The van der Waals surface area contributed by atoms with E-state index < -0.39 is 0 Å². The predicted octanol–water partition coefficient (Wildman–Crippen LogP) is 3.85. The molecule has 25 heavy (non-hydrogen) atoms. The molecule has 1 N–H and O–H groups in total. The summed E-state index contributed by atoms with van der Waals surface area (Å²) in [5.74, 6) is 1.79. The third kappa shape index (κ3) is 6.35. The molecule has 4 nitrogen and oxygen atoms in total. The second-order valence-electron chi connectivity index (χ2n) is 5.74. The molecule has 134 valence electrons. The molecule has 2 aromatic rings. The first-order valence-corrected chi connectivity index (χ1v) is 9.28. The number of thioether (sulfide) groups is 1. The van der Waals surface area contributed by atoms with Gasteiger partial charge in [0, 0.05) is 11.4 Å². The lowest BCUT2D eigenvalue weighted by atomic mass is 10.1. The van der Waals surface area contributed by atoms with E-state index in [4.69, 9.17) is 9.47 Å². The summed E-state index contributed by atoms with van der Waals surface area (Å²) in [6.45, 7) is 2.78. The SMILES string of the molecule is COc1ccc(SCC(=O)NCCCc2ccc(C)cc2)cc1OC. The molecule has 2 rings (SSSR count). The zero-order chi connectivity index (χ0) is 18.1. The lowest BCUT2D eigenvalue weighted by Gasteiger charge is -2.09. The topological polar surface area (TPSA) is 47.6 Å². The van der Waals surface area contributed by atoms with Gasteiger partial charge in [-0.25, -0.2) is 0 Å². The summed E-state index contributed by atoms with van der Waals surface area (Å²) in [5, 5.41) is 2.97. The zero-order valence-electron chi connectivity index (χ0n) is 15.0. The van der Waals surface area contributed by atoms with Crippen molar-refractivity contribution in [2.24, 2.45) is 0 Å². The Labute approximate surface area is 153 Å². The molecule has 0 atom stereocenters. The minimum atomic E-state index is 0.0451. The average Bonchev–Trinajstić information content (AvgIpc) is 2.64. The Morgan fingerprint density at radius 1 is 1.04 bits per heavy atom. The van der Waals surface area contributed by atoms with Crippen LogP contribution in [0.4, 0.5) is 0 Å². The molecule has 0 aromatic heterocycles. The number of amides is 1. The standard InChI is InChI=1S/C20H25NO3S/c1-15-6-8-16(9-7-15)5-4-12-21-20(22)14-25-17-10-11-18(23-2)19(13-17)24-3/h6-11,13H,4-5,12,14H2,1-3H3,(H,21,22). The number of aryl methyl sites for hydroxylation is 2. The van der Waals surface area contributed by atoms with E-state index in [1.54, 1.807) is 14.2 Å². The maximum atomic E-state index is 12.0. The summed E-state index contributed by atoms with van der Waals surface area (Å²) in [4.78, 5) is 12.9. The Kier molecular flexibility index (Phi) is 7.67. The Morgan fingerprint density at radius 2 is 1.76 bits per heavy atom. The molecule has 0 aliphatic rings. The number of hydrogen-bond acceptors (Lipinski definition) is 4. The van der Waals surface area contributed by atoms with Crippen molar-refractivity contribution in [1.82, 2.24) is 5.32 Å². The van der Waals surface area contributed by atoms with Crippen molar-refractivity contribution >= 4 is 17.7 Å². The normalized spacial score (nSPS) is 10.4. The fourth-order valence-corrected chi connectivity index (χ4v) is 3.14. The fraction of sp³-hybridized carbons (Fsp3) is 0.350. The van der Waals surface area contributed by atoms with E-state index in [1.165, 1.54) is 22.9 Å². The largest absolute Gasteiger partial charge is 0.493 e. The molecule has 0 fully saturated rings. The van der Waals surface area contributed by atoms with Gasteiger partial charge in [0.25, 0.3) is 0 Å². The summed E-state index contributed by atoms with van der Waals surface area (Å²) in [7, 11) is 3.21. The monoisotopic (exact) mass is 359 g/mol. The molecule has 0 saturated heterocycles. The number of carbonyl (C=O) groups is 1. The Hall–Kier alpha value is -2.14. The first-order chi connectivity index (χ1) is 12.1. The van der Waals surface area contributed by atoms with Crippen molar-refractivity contribution < 1.29 is 14.3 Å². The minimum absolute atomic E-state index is 0.0451. The molecular formula is C20H25NO3S. The summed E-state index contributed by atoms with van der Waals surface area (Å²) < 4.78 is 10.5. The Bertz CT molecular complexity index is 686. The van der Waals surface area contributed by atoms with Crippen LogP contribution in [0.2, 0.25) is 0 Å². The van der Waals surface area contributed by atoms with Crippen molar-refractivity contribution in [3.8, 4) is 11.5 Å². The molecule has 0 aliphatic carbocycles. The minimum Gasteiger partial charge on any atom is -0.493 e. The van der Waals surface area contributed by atoms with Crippen LogP contribution in [0.5, 0.6) is 11.5 Å². The molecule has 5 heteroatoms. The second kappa shape index (κ2) is 9.99. The molecule has 0 spiro atoms. The van der Waals surface area contributed by atoms with Crippen LogP contribution in [0.25, 0.3) is 0 Å². The van der Waals surface area contributed by atoms with Gasteiger partial charge in [0.1, 0.15) is 0 Å². The van der Waals surface area contributed by atoms with Crippen LogP contribution in [0.15, 0.2) is 47.4 Å². The molecule has 0 bridgehead atoms. The molecule has 0 radical (unpaired) electrons. The number of ether oxygens (including phenoxy) is 2. The van der Waals surface area contributed by atoms with Crippen LogP contribution in [0.3, 0.4) is 0 Å². The van der Waals surface area contributed by atoms with E-state index in [1.807, 2.05) is 18.2 Å². The van der Waals surface area contributed by atoms with Gasteiger partial charge in [0.2, 0.25) is 5.91 Å². The van der Waals surface area contributed by atoms with Crippen LogP contribution in [-0.2, 0) is 11.2 Å². The number of rotatable bonds is 9. The predicted molar refractivity (Wildman–Crippen MR) is 103 cm³/mol. The molecule has 0 aliphatic heterocycles. The van der Waals surface area contributed by atoms with Crippen molar-refractivity contribution in [2.45, 2.75) is 24.7 Å². The summed E-state index contributed by atoms with van der Waals surface area (Å²) >= 11 is 1.49. The first-order valence-electron chi connectivity index (χ1n) is 8.29. The highest BCUT2D eigenvalue weighted by Crippen LogP contribution is 2.31. The lowest BCUT2D eigenvalue weighted by molar-refractivity contribution is -0.118.